The first kappa shape index (κ1) is 9.23. The zero-order chi connectivity index (χ0) is 9.97. The van der Waals surface area contributed by atoms with Crippen LogP contribution in [0.15, 0.2) is 0 Å². The molecule has 0 aromatic rings. The first-order valence-electron chi connectivity index (χ1n) is 5.87. The predicted octanol–water partition coefficient (Wildman–Crippen LogP) is 1.88. The van der Waals surface area contributed by atoms with E-state index in [1.54, 1.807) is 0 Å². The first-order valence-corrected chi connectivity index (χ1v) is 5.87. The fourth-order valence-electron chi connectivity index (χ4n) is 4.13. The average Bonchev–Trinajstić information content (AvgIpc) is 2.60. The van der Waals surface area contributed by atoms with Crippen LogP contribution in [-0.2, 0) is 9.31 Å². The zero-order valence-electron chi connectivity index (χ0n) is 9.38. The molecule has 2 nitrogen and oxygen atoms in total. The third kappa shape index (κ3) is 0.820. The first-order chi connectivity index (χ1) is 6.61. The highest BCUT2D eigenvalue weighted by Crippen LogP contribution is 2.66. The summed E-state index contributed by atoms with van der Waals surface area (Å²) in [6.07, 6.45) is 4.08. The van der Waals surface area contributed by atoms with Crippen LogP contribution in [0.4, 0.5) is 0 Å². The van der Waals surface area contributed by atoms with Gasteiger partial charge in [0.1, 0.15) is 0 Å². The lowest BCUT2D eigenvalue weighted by molar-refractivity contribution is -0.208. The zero-order valence-corrected chi connectivity index (χ0v) is 9.38. The summed E-state index contributed by atoms with van der Waals surface area (Å²) >= 11 is 0. The molecule has 78 valence electrons. The van der Waals surface area contributed by atoms with Crippen LogP contribution in [0.1, 0.15) is 40.0 Å². The van der Waals surface area contributed by atoms with Gasteiger partial charge in [0.2, 0.25) is 0 Å². The van der Waals surface area contributed by atoms with Crippen molar-refractivity contribution in [2.45, 2.75) is 51.7 Å². The molecule has 14 heavy (non-hydrogen) atoms. The molecule has 3 saturated carbocycles. The minimum absolute atomic E-state index is 0.0677. The Balaban J connectivity index is 1.97. The molecule has 0 amide bonds. The third-order valence-corrected chi connectivity index (χ3v) is 5.25. The van der Waals surface area contributed by atoms with Crippen molar-refractivity contribution in [1.29, 1.82) is 0 Å². The lowest BCUT2D eigenvalue weighted by Crippen LogP contribution is -2.66. The van der Waals surface area contributed by atoms with Crippen molar-refractivity contribution >= 4 is 7.69 Å². The number of rotatable bonds is 1. The molecule has 1 saturated heterocycles. The van der Waals surface area contributed by atoms with E-state index in [0.717, 1.165) is 18.3 Å². The van der Waals surface area contributed by atoms with E-state index in [1.807, 2.05) is 0 Å². The summed E-state index contributed by atoms with van der Waals surface area (Å²) in [7, 11) is 0.526. The van der Waals surface area contributed by atoms with Crippen LogP contribution in [-0.4, -0.2) is 19.4 Å². The summed E-state index contributed by atoms with van der Waals surface area (Å²) in [5.74, 6) is 1.60. The summed E-state index contributed by atoms with van der Waals surface area (Å²) in [4.78, 5) is 0. The normalized spacial score (nSPS) is 53.2. The Hall–Kier alpha value is -0.0151. The molecular weight excluding hydrogens is 175 g/mol. The molecule has 0 N–H and O–H groups in total. The van der Waals surface area contributed by atoms with Crippen molar-refractivity contribution in [3.63, 3.8) is 0 Å². The van der Waals surface area contributed by atoms with Crippen LogP contribution in [0, 0.1) is 17.3 Å². The second kappa shape index (κ2) is 2.56. The molecule has 0 unspecified atom stereocenters. The molecule has 2 bridgehead atoms. The molecule has 4 rings (SSSR count). The molecule has 3 aliphatic carbocycles. The van der Waals surface area contributed by atoms with Crippen LogP contribution in [0.5, 0.6) is 0 Å². The van der Waals surface area contributed by atoms with Gasteiger partial charge in [-0.05, 0) is 36.5 Å². The number of hydrogen-bond acceptors (Lipinski definition) is 2. The van der Waals surface area contributed by atoms with Crippen LogP contribution < -0.4 is 0 Å². The van der Waals surface area contributed by atoms with E-state index in [0.29, 0.717) is 19.2 Å². The standard InChI is InChI=1S/C11H19BO2/c1-4-11-8-5-7(10(8,2)3)6-9(11)13-12-14-11/h7-9,12H,4-6H2,1-3H3/t7-,8-,9+,11-/m0/s1. The Morgan fingerprint density at radius 2 is 2.14 bits per heavy atom. The molecule has 1 aliphatic heterocycles. The van der Waals surface area contributed by atoms with Crippen molar-refractivity contribution in [1.82, 2.24) is 0 Å². The van der Waals surface area contributed by atoms with Crippen molar-refractivity contribution in [2.24, 2.45) is 17.3 Å². The maximum absolute atomic E-state index is 5.96. The van der Waals surface area contributed by atoms with Gasteiger partial charge in [0.15, 0.2) is 0 Å². The summed E-state index contributed by atoms with van der Waals surface area (Å²) in [6, 6.07) is 0. The van der Waals surface area contributed by atoms with Gasteiger partial charge in [-0.3, -0.25) is 0 Å². The molecular formula is C11H19BO2. The molecule has 0 radical (unpaired) electrons. The molecule has 3 heteroatoms. The van der Waals surface area contributed by atoms with Gasteiger partial charge < -0.3 is 9.31 Å². The van der Waals surface area contributed by atoms with E-state index >= 15 is 0 Å². The highest BCUT2D eigenvalue weighted by atomic mass is 16.6. The van der Waals surface area contributed by atoms with Gasteiger partial charge in [-0.15, -0.1) is 0 Å². The largest absolute Gasteiger partial charge is 0.438 e. The van der Waals surface area contributed by atoms with Gasteiger partial charge >= 0.3 is 7.69 Å². The molecule has 0 aromatic heterocycles. The Morgan fingerprint density at radius 1 is 1.36 bits per heavy atom. The summed E-state index contributed by atoms with van der Waals surface area (Å²) in [6.45, 7) is 7.05. The van der Waals surface area contributed by atoms with Crippen molar-refractivity contribution < 1.29 is 9.31 Å². The lowest BCUT2D eigenvalue weighted by Gasteiger charge is -2.65. The van der Waals surface area contributed by atoms with Gasteiger partial charge in [-0.2, -0.15) is 0 Å². The molecule has 4 aliphatic rings. The van der Waals surface area contributed by atoms with E-state index in [4.69, 9.17) is 9.31 Å². The molecule has 4 fully saturated rings. The van der Waals surface area contributed by atoms with E-state index < -0.39 is 0 Å². The van der Waals surface area contributed by atoms with Gasteiger partial charge in [0, 0.05) is 0 Å². The van der Waals surface area contributed by atoms with E-state index in [-0.39, 0.29) is 5.60 Å². The van der Waals surface area contributed by atoms with E-state index in [2.05, 4.69) is 20.8 Å². The van der Waals surface area contributed by atoms with Crippen LogP contribution in [0.3, 0.4) is 0 Å². The van der Waals surface area contributed by atoms with Crippen LogP contribution >= 0.6 is 0 Å². The average molecular weight is 194 g/mol. The highest BCUT2D eigenvalue weighted by Gasteiger charge is 2.66. The summed E-state index contributed by atoms with van der Waals surface area (Å²) in [5, 5.41) is 0. The Bertz CT molecular complexity index is 266. The quantitative estimate of drug-likeness (QED) is 0.593. The van der Waals surface area contributed by atoms with Gasteiger partial charge in [0.05, 0.1) is 11.7 Å². The van der Waals surface area contributed by atoms with Gasteiger partial charge in [0.25, 0.3) is 0 Å². The predicted molar refractivity (Wildman–Crippen MR) is 56.1 cm³/mol. The molecule has 4 atom stereocenters. The Morgan fingerprint density at radius 3 is 2.79 bits per heavy atom. The fourth-order valence-corrected chi connectivity index (χ4v) is 4.13. The maximum Gasteiger partial charge on any atom is 0.438 e. The smallest absolute Gasteiger partial charge is 0.408 e. The van der Waals surface area contributed by atoms with Crippen LogP contribution in [0.2, 0.25) is 0 Å². The SMILES string of the molecule is CC[C@@]12OBO[C@@H]1C[C@@H]1C[C@H]2C1(C)C. The minimum Gasteiger partial charge on any atom is -0.408 e. The van der Waals surface area contributed by atoms with E-state index in [1.165, 1.54) is 12.8 Å². The highest BCUT2D eigenvalue weighted by molar-refractivity contribution is 6.19. The van der Waals surface area contributed by atoms with Gasteiger partial charge in [-0.1, -0.05) is 20.8 Å². The second-order valence-electron chi connectivity index (χ2n) is 5.77. The molecule has 0 aromatic carbocycles. The minimum atomic E-state index is 0.0677. The molecule has 0 spiro atoms. The van der Waals surface area contributed by atoms with Gasteiger partial charge in [-0.25, -0.2) is 0 Å². The fraction of sp³-hybridized carbons (Fsp3) is 1.00. The van der Waals surface area contributed by atoms with Crippen molar-refractivity contribution in [3.8, 4) is 0 Å². The maximum atomic E-state index is 5.96. The summed E-state index contributed by atoms with van der Waals surface area (Å²) in [5.41, 5.74) is 0.554. The third-order valence-electron chi connectivity index (χ3n) is 5.25. The molecule has 1 heterocycles. The number of hydrogen-bond donors (Lipinski definition) is 0. The Labute approximate surface area is 86.7 Å². The van der Waals surface area contributed by atoms with Crippen LogP contribution in [0.25, 0.3) is 0 Å². The second-order valence-corrected chi connectivity index (χ2v) is 5.77. The van der Waals surface area contributed by atoms with Crippen molar-refractivity contribution in [2.75, 3.05) is 0 Å². The Kier molecular flexibility index (Phi) is 1.69. The lowest BCUT2D eigenvalue weighted by atomic mass is 9.43. The topological polar surface area (TPSA) is 18.5 Å². The van der Waals surface area contributed by atoms with E-state index in [9.17, 15) is 0 Å². The monoisotopic (exact) mass is 194 g/mol. The summed E-state index contributed by atoms with van der Waals surface area (Å²) < 4.78 is 11.7. The van der Waals surface area contributed by atoms with Crippen molar-refractivity contribution in [3.05, 3.63) is 0 Å².